The Hall–Kier alpha value is -2.65. The second kappa shape index (κ2) is 8.15. The maximum atomic E-state index is 13.0. The minimum absolute atomic E-state index is 0.0799. The van der Waals surface area contributed by atoms with E-state index >= 15 is 0 Å². The number of rotatable bonds is 5. The summed E-state index contributed by atoms with van der Waals surface area (Å²) in [6, 6.07) is 8.41. The Morgan fingerprint density at radius 2 is 1.77 bits per heavy atom. The summed E-state index contributed by atoms with van der Waals surface area (Å²) in [4.78, 5) is 23.4. The monoisotopic (exact) mass is 399 g/mol. The van der Waals surface area contributed by atoms with E-state index in [4.69, 9.17) is 11.6 Å². The quantitative estimate of drug-likeness (QED) is 0.718. The molecule has 2 rings (SSSR count). The largest absolute Gasteiger partial charge is 0.329 e. The average Bonchev–Trinajstić information content (AvgIpc) is 2.56. The van der Waals surface area contributed by atoms with Gasteiger partial charge in [-0.1, -0.05) is 29.3 Å². The lowest BCUT2D eigenvalue weighted by molar-refractivity contribution is -0.115. The zero-order valence-corrected chi connectivity index (χ0v) is 15.1. The normalized spacial score (nSPS) is 10.9. The molecule has 0 unspecified atom stereocenters. The number of anilines is 1. The van der Waals surface area contributed by atoms with Crippen LogP contribution in [0.25, 0.3) is 0 Å². The molecule has 0 aliphatic heterocycles. The second-order valence-corrected chi connectivity index (χ2v) is 7.37. The van der Waals surface area contributed by atoms with Crippen LogP contribution in [0.15, 0.2) is 47.4 Å². The molecule has 138 valence electrons. The third-order valence-corrected chi connectivity index (χ3v) is 4.81. The van der Waals surface area contributed by atoms with E-state index in [9.17, 15) is 22.4 Å². The summed E-state index contributed by atoms with van der Waals surface area (Å²) >= 11 is 5.59. The molecule has 0 atom stereocenters. The zero-order chi connectivity index (χ0) is 19.3. The molecular formula is C16H15ClFN3O4S. The van der Waals surface area contributed by atoms with Gasteiger partial charge in [0.15, 0.2) is 0 Å². The van der Waals surface area contributed by atoms with Crippen LogP contribution < -0.4 is 15.4 Å². The smallest absolute Gasteiger partial charge is 0.328 e. The van der Waals surface area contributed by atoms with Crippen LogP contribution in [0.4, 0.5) is 14.9 Å². The topological polar surface area (TPSA) is 104 Å². The standard InChI is InChI=1S/C16H15ClFN3O4S/c1-10-2-5-12(6-3-10)26(24,25)21-16(23)19-9-15(22)20-11-4-7-14(18)13(17)8-11/h2-8H,9H2,1H3,(H,20,22)(H2,19,21,23). The van der Waals surface area contributed by atoms with Crippen molar-refractivity contribution in [2.75, 3.05) is 11.9 Å². The zero-order valence-electron chi connectivity index (χ0n) is 13.5. The number of carbonyl (C=O) groups is 2. The van der Waals surface area contributed by atoms with Gasteiger partial charge in [0.2, 0.25) is 5.91 Å². The van der Waals surface area contributed by atoms with E-state index in [1.54, 1.807) is 23.8 Å². The third-order valence-electron chi connectivity index (χ3n) is 3.17. The van der Waals surface area contributed by atoms with Gasteiger partial charge in [-0.05, 0) is 37.3 Å². The van der Waals surface area contributed by atoms with Crippen LogP contribution >= 0.6 is 11.6 Å². The Morgan fingerprint density at radius 3 is 2.38 bits per heavy atom. The lowest BCUT2D eigenvalue weighted by Crippen LogP contribution is -2.42. The number of sulfonamides is 1. The number of nitrogens with one attached hydrogen (secondary N) is 3. The van der Waals surface area contributed by atoms with E-state index in [0.717, 1.165) is 11.6 Å². The van der Waals surface area contributed by atoms with Gasteiger partial charge in [0.1, 0.15) is 5.82 Å². The maximum Gasteiger partial charge on any atom is 0.329 e. The molecule has 0 spiro atoms. The first-order chi connectivity index (χ1) is 12.2. The van der Waals surface area contributed by atoms with Crippen LogP contribution in [0.2, 0.25) is 5.02 Å². The van der Waals surface area contributed by atoms with Crippen molar-refractivity contribution in [2.45, 2.75) is 11.8 Å². The van der Waals surface area contributed by atoms with E-state index in [-0.39, 0.29) is 15.6 Å². The van der Waals surface area contributed by atoms with Crippen molar-refractivity contribution in [1.82, 2.24) is 10.0 Å². The van der Waals surface area contributed by atoms with Gasteiger partial charge in [0.25, 0.3) is 10.0 Å². The Bertz CT molecular complexity index is 933. The minimum Gasteiger partial charge on any atom is -0.328 e. The van der Waals surface area contributed by atoms with E-state index in [1.165, 1.54) is 24.3 Å². The highest BCUT2D eigenvalue weighted by Crippen LogP contribution is 2.19. The van der Waals surface area contributed by atoms with Crippen LogP contribution in [0.1, 0.15) is 5.56 Å². The van der Waals surface area contributed by atoms with Crippen molar-refractivity contribution in [2.24, 2.45) is 0 Å². The molecule has 3 amide bonds. The highest BCUT2D eigenvalue weighted by Gasteiger charge is 2.17. The fraction of sp³-hybridized carbons (Fsp3) is 0.125. The highest BCUT2D eigenvalue weighted by atomic mass is 35.5. The average molecular weight is 400 g/mol. The summed E-state index contributed by atoms with van der Waals surface area (Å²) in [5.74, 6) is -1.28. The molecule has 26 heavy (non-hydrogen) atoms. The van der Waals surface area contributed by atoms with Gasteiger partial charge in [-0.2, -0.15) is 0 Å². The van der Waals surface area contributed by atoms with Crippen LogP contribution in [0.5, 0.6) is 0 Å². The number of urea groups is 1. The lowest BCUT2D eigenvalue weighted by atomic mass is 10.2. The van der Waals surface area contributed by atoms with Crippen molar-refractivity contribution in [1.29, 1.82) is 0 Å². The Balaban J connectivity index is 1.88. The van der Waals surface area contributed by atoms with Crippen molar-refractivity contribution in [3.05, 3.63) is 58.9 Å². The van der Waals surface area contributed by atoms with Crippen LogP contribution in [-0.2, 0) is 14.8 Å². The Kier molecular flexibility index (Phi) is 6.17. The molecule has 10 heteroatoms. The van der Waals surface area contributed by atoms with E-state index in [1.807, 2.05) is 0 Å². The van der Waals surface area contributed by atoms with Gasteiger partial charge in [-0.25, -0.2) is 22.3 Å². The third kappa shape index (κ3) is 5.43. The number of aryl methyl sites for hydroxylation is 1. The van der Waals surface area contributed by atoms with Crippen molar-refractivity contribution in [3.8, 4) is 0 Å². The summed E-state index contributed by atoms with van der Waals surface area (Å²) in [6.07, 6.45) is 0. The van der Waals surface area contributed by atoms with Gasteiger partial charge in [0, 0.05) is 5.69 Å². The van der Waals surface area contributed by atoms with Crippen LogP contribution in [0, 0.1) is 12.7 Å². The molecular weight excluding hydrogens is 385 g/mol. The van der Waals surface area contributed by atoms with Crippen molar-refractivity contribution < 1.29 is 22.4 Å². The van der Waals surface area contributed by atoms with Gasteiger partial charge in [-0.3, -0.25) is 4.79 Å². The molecule has 2 aromatic carbocycles. The fourth-order valence-corrected chi connectivity index (χ4v) is 2.98. The van der Waals surface area contributed by atoms with E-state index in [0.29, 0.717) is 0 Å². The van der Waals surface area contributed by atoms with Crippen molar-refractivity contribution >= 4 is 39.2 Å². The number of hydrogen-bond acceptors (Lipinski definition) is 4. The number of carbonyl (C=O) groups excluding carboxylic acids is 2. The summed E-state index contributed by atoms with van der Waals surface area (Å²) in [6.45, 7) is 1.30. The molecule has 0 aliphatic carbocycles. The molecule has 0 aliphatic rings. The molecule has 2 aromatic rings. The number of halogens is 2. The fourth-order valence-electron chi connectivity index (χ4n) is 1.87. The van der Waals surface area contributed by atoms with Gasteiger partial charge < -0.3 is 10.6 Å². The summed E-state index contributed by atoms with van der Waals surface area (Å²) in [5, 5.41) is 4.33. The van der Waals surface area contributed by atoms with Gasteiger partial charge in [0.05, 0.1) is 16.5 Å². The molecule has 0 saturated carbocycles. The molecule has 0 radical (unpaired) electrons. The number of hydrogen-bond donors (Lipinski definition) is 3. The molecule has 0 bridgehead atoms. The number of benzene rings is 2. The first-order valence-corrected chi connectivity index (χ1v) is 9.16. The van der Waals surface area contributed by atoms with Crippen LogP contribution in [0.3, 0.4) is 0 Å². The molecule has 3 N–H and O–H groups in total. The summed E-state index contributed by atoms with van der Waals surface area (Å²) in [5.41, 5.74) is 1.10. The maximum absolute atomic E-state index is 13.0. The molecule has 0 saturated heterocycles. The predicted molar refractivity (Wildman–Crippen MR) is 94.9 cm³/mol. The molecule has 0 heterocycles. The molecule has 0 aromatic heterocycles. The first kappa shape index (κ1) is 19.7. The SMILES string of the molecule is Cc1ccc(S(=O)(=O)NC(=O)NCC(=O)Nc2ccc(F)c(Cl)c2)cc1. The summed E-state index contributed by atoms with van der Waals surface area (Å²) in [7, 11) is -4.05. The van der Waals surface area contributed by atoms with E-state index in [2.05, 4.69) is 10.6 Å². The lowest BCUT2D eigenvalue weighted by Gasteiger charge is -2.09. The summed E-state index contributed by atoms with van der Waals surface area (Å²) < 4.78 is 38.9. The van der Waals surface area contributed by atoms with Gasteiger partial charge >= 0.3 is 6.03 Å². The number of amides is 3. The van der Waals surface area contributed by atoms with E-state index < -0.39 is 34.3 Å². The Morgan fingerprint density at radius 1 is 1.12 bits per heavy atom. The molecule has 0 fully saturated rings. The van der Waals surface area contributed by atoms with Crippen LogP contribution in [-0.4, -0.2) is 26.9 Å². The second-order valence-electron chi connectivity index (χ2n) is 5.28. The van der Waals surface area contributed by atoms with Gasteiger partial charge in [-0.15, -0.1) is 0 Å². The molecule has 7 nitrogen and oxygen atoms in total. The minimum atomic E-state index is -4.05. The predicted octanol–water partition coefficient (Wildman–Crippen LogP) is 2.41. The Labute approximate surface area is 154 Å². The first-order valence-electron chi connectivity index (χ1n) is 7.29. The van der Waals surface area contributed by atoms with Crippen molar-refractivity contribution in [3.63, 3.8) is 0 Å². The highest BCUT2D eigenvalue weighted by molar-refractivity contribution is 7.90.